The summed E-state index contributed by atoms with van der Waals surface area (Å²) in [5, 5.41) is 7.23. The molecule has 0 atom stereocenters. The van der Waals surface area contributed by atoms with Gasteiger partial charge >= 0.3 is 0 Å². The summed E-state index contributed by atoms with van der Waals surface area (Å²) >= 11 is 0. The number of rotatable bonds is 5. The average Bonchev–Trinajstić information content (AvgIpc) is 2.73. The van der Waals surface area contributed by atoms with Crippen LogP contribution in [0.25, 0.3) is 10.9 Å². The molecule has 2 N–H and O–H groups in total. The molecule has 6 heteroatoms. The Balaban J connectivity index is 1.56. The quantitative estimate of drug-likeness (QED) is 0.537. The number of carbonyl (C=O) groups excluding carboxylic acids is 1. The van der Waals surface area contributed by atoms with Gasteiger partial charge in [0.1, 0.15) is 17.3 Å². The molecule has 0 aliphatic carbocycles. The van der Waals surface area contributed by atoms with Gasteiger partial charge in [-0.05, 0) is 37.1 Å². The second-order valence-electron chi connectivity index (χ2n) is 6.80. The molecule has 4 rings (SSSR count). The molecule has 0 bridgehead atoms. The average molecular weight is 383 g/mol. The van der Waals surface area contributed by atoms with Crippen molar-refractivity contribution in [3.05, 3.63) is 89.5 Å². The van der Waals surface area contributed by atoms with Gasteiger partial charge in [-0.25, -0.2) is 9.97 Å². The fourth-order valence-corrected chi connectivity index (χ4v) is 3.17. The van der Waals surface area contributed by atoms with E-state index in [2.05, 4.69) is 25.6 Å². The number of para-hydroxylation sites is 1. The molecule has 2 aromatic heterocycles. The Kier molecular flexibility index (Phi) is 5.16. The fraction of sp³-hybridized carbons (Fsp3) is 0.130. The highest BCUT2D eigenvalue weighted by molar-refractivity contribution is 5.94. The normalized spacial score (nSPS) is 10.7. The Morgan fingerprint density at radius 2 is 1.79 bits per heavy atom. The molecule has 4 aromatic rings. The van der Waals surface area contributed by atoms with Crippen molar-refractivity contribution in [2.75, 3.05) is 5.32 Å². The summed E-state index contributed by atoms with van der Waals surface area (Å²) in [7, 11) is 0. The van der Waals surface area contributed by atoms with E-state index in [0.717, 1.165) is 27.7 Å². The van der Waals surface area contributed by atoms with E-state index in [1.54, 1.807) is 19.2 Å². The first-order valence-corrected chi connectivity index (χ1v) is 9.39. The maximum Gasteiger partial charge on any atom is 0.270 e. The number of anilines is 2. The zero-order chi connectivity index (χ0) is 20.2. The van der Waals surface area contributed by atoms with Crippen molar-refractivity contribution >= 4 is 28.3 Å². The summed E-state index contributed by atoms with van der Waals surface area (Å²) in [6.45, 7) is 4.24. The van der Waals surface area contributed by atoms with E-state index in [1.165, 1.54) is 0 Å². The van der Waals surface area contributed by atoms with Crippen LogP contribution in [0.3, 0.4) is 0 Å². The number of hydrogen-bond acceptors (Lipinski definition) is 5. The topological polar surface area (TPSA) is 79.8 Å². The third kappa shape index (κ3) is 4.21. The minimum atomic E-state index is -0.238. The summed E-state index contributed by atoms with van der Waals surface area (Å²) in [6.07, 6.45) is 1.75. The van der Waals surface area contributed by atoms with E-state index in [4.69, 9.17) is 0 Å². The van der Waals surface area contributed by atoms with Crippen LogP contribution in [0.15, 0.2) is 66.9 Å². The first-order valence-electron chi connectivity index (χ1n) is 9.39. The second-order valence-corrected chi connectivity index (χ2v) is 6.80. The van der Waals surface area contributed by atoms with Crippen LogP contribution in [0.2, 0.25) is 0 Å². The zero-order valence-corrected chi connectivity index (χ0v) is 16.3. The molecule has 0 aliphatic rings. The van der Waals surface area contributed by atoms with Gasteiger partial charge in [0.15, 0.2) is 0 Å². The molecule has 0 fully saturated rings. The Bertz CT molecular complexity index is 1180. The molecule has 6 nitrogen and oxygen atoms in total. The van der Waals surface area contributed by atoms with Gasteiger partial charge in [0, 0.05) is 24.2 Å². The molecule has 2 heterocycles. The molecule has 0 aliphatic heterocycles. The molecule has 0 saturated carbocycles. The molecule has 0 unspecified atom stereocenters. The first kappa shape index (κ1) is 18.6. The molecule has 29 heavy (non-hydrogen) atoms. The highest BCUT2D eigenvalue weighted by Crippen LogP contribution is 2.24. The number of carbonyl (C=O) groups is 1. The summed E-state index contributed by atoms with van der Waals surface area (Å²) < 4.78 is 0. The van der Waals surface area contributed by atoms with Crippen LogP contribution in [0.1, 0.15) is 27.4 Å². The number of pyridine rings is 1. The predicted molar refractivity (Wildman–Crippen MR) is 114 cm³/mol. The number of benzene rings is 2. The molecule has 144 valence electrons. The monoisotopic (exact) mass is 383 g/mol. The van der Waals surface area contributed by atoms with Gasteiger partial charge in [-0.1, -0.05) is 42.5 Å². The van der Waals surface area contributed by atoms with Gasteiger partial charge in [0.2, 0.25) is 0 Å². The van der Waals surface area contributed by atoms with Gasteiger partial charge < -0.3 is 10.6 Å². The van der Waals surface area contributed by atoms with E-state index in [9.17, 15) is 4.79 Å². The second kappa shape index (κ2) is 8.06. The zero-order valence-electron chi connectivity index (χ0n) is 16.3. The summed E-state index contributed by atoms with van der Waals surface area (Å²) in [6, 6.07) is 19.4. The molecular weight excluding hydrogens is 362 g/mol. The minimum absolute atomic E-state index is 0.238. The van der Waals surface area contributed by atoms with Crippen molar-refractivity contribution in [3.63, 3.8) is 0 Å². The van der Waals surface area contributed by atoms with Crippen LogP contribution < -0.4 is 10.6 Å². The van der Waals surface area contributed by atoms with E-state index >= 15 is 0 Å². The predicted octanol–water partition coefficient (Wildman–Crippen LogP) is 4.32. The van der Waals surface area contributed by atoms with Crippen LogP contribution in [-0.4, -0.2) is 20.9 Å². The molecule has 0 spiro atoms. The molecule has 0 radical (unpaired) electrons. The van der Waals surface area contributed by atoms with Gasteiger partial charge in [0.05, 0.1) is 11.2 Å². The lowest BCUT2D eigenvalue weighted by Gasteiger charge is -2.11. The number of fused-ring (bicyclic) bond motifs is 1. The lowest BCUT2D eigenvalue weighted by atomic mass is 10.1. The Morgan fingerprint density at radius 1 is 0.966 bits per heavy atom. The van der Waals surface area contributed by atoms with Crippen molar-refractivity contribution in [1.29, 1.82) is 0 Å². The van der Waals surface area contributed by atoms with Crippen molar-refractivity contribution in [2.45, 2.75) is 20.4 Å². The molecule has 0 saturated heterocycles. The number of aromatic nitrogens is 3. The van der Waals surface area contributed by atoms with Gasteiger partial charge in [-0.15, -0.1) is 0 Å². The number of aryl methyl sites for hydroxylation is 2. The molecule has 2 aromatic carbocycles. The summed E-state index contributed by atoms with van der Waals surface area (Å²) in [5.74, 6) is 0.832. The van der Waals surface area contributed by atoms with Crippen molar-refractivity contribution < 1.29 is 4.79 Å². The lowest BCUT2D eigenvalue weighted by molar-refractivity contribution is 0.0945. The number of hydrogen-bond donors (Lipinski definition) is 2. The van der Waals surface area contributed by atoms with Gasteiger partial charge in [-0.2, -0.15) is 0 Å². The van der Waals surface area contributed by atoms with E-state index in [1.807, 2.05) is 61.5 Å². The highest BCUT2D eigenvalue weighted by atomic mass is 16.1. The van der Waals surface area contributed by atoms with Gasteiger partial charge in [0.25, 0.3) is 5.91 Å². The Hall–Kier alpha value is -3.80. The largest absolute Gasteiger partial charge is 0.347 e. The highest BCUT2D eigenvalue weighted by Gasteiger charge is 2.12. The third-order valence-electron chi connectivity index (χ3n) is 4.67. The van der Waals surface area contributed by atoms with Crippen LogP contribution in [0, 0.1) is 13.8 Å². The first-order chi connectivity index (χ1) is 14.1. The third-order valence-corrected chi connectivity index (χ3v) is 4.67. The van der Waals surface area contributed by atoms with E-state index < -0.39 is 0 Å². The van der Waals surface area contributed by atoms with Crippen LogP contribution in [-0.2, 0) is 6.54 Å². The van der Waals surface area contributed by atoms with Crippen molar-refractivity contribution in [1.82, 2.24) is 20.3 Å². The maximum absolute atomic E-state index is 12.7. The lowest BCUT2D eigenvalue weighted by Crippen LogP contribution is -2.24. The maximum atomic E-state index is 12.7. The molecule has 1 amide bonds. The van der Waals surface area contributed by atoms with Gasteiger partial charge in [-0.3, -0.25) is 9.78 Å². The van der Waals surface area contributed by atoms with E-state index in [0.29, 0.717) is 23.9 Å². The summed E-state index contributed by atoms with van der Waals surface area (Å²) in [5.41, 5.74) is 4.20. The van der Waals surface area contributed by atoms with Crippen LogP contribution >= 0.6 is 0 Å². The Morgan fingerprint density at radius 3 is 2.66 bits per heavy atom. The SMILES string of the molecule is Cc1nc(Nc2cccc3cccnc23)cc(C(=O)NCc2ccccc2C)n1. The van der Waals surface area contributed by atoms with Crippen molar-refractivity contribution in [2.24, 2.45) is 0 Å². The number of nitrogens with one attached hydrogen (secondary N) is 2. The standard InChI is InChI=1S/C23H21N5O/c1-15-7-3-4-8-18(15)14-25-23(29)20-13-21(27-16(2)26-20)28-19-11-5-9-17-10-6-12-24-22(17)19/h3-13H,14H2,1-2H3,(H,25,29)(H,26,27,28). The number of nitrogens with zero attached hydrogens (tertiary/aromatic N) is 3. The van der Waals surface area contributed by atoms with Crippen LogP contribution in [0.4, 0.5) is 11.5 Å². The van der Waals surface area contributed by atoms with Crippen molar-refractivity contribution in [3.8, 4) is 0 Å². The minimum Gasteiger partial charge on any atom is -0.347 e. The fourth-order valence-electron chi connectivity index (χ4n) is 3.17. The molecular formula is C23H21N5O. The van der Waals surface area contributed by atoms with Crippen LogP contribution in [0.5, 0.6) is 0 Å². The number of amides is 1. The van der Waals surface area contributed by atoms with E-state index in [-0.39, 0.29) is 5.91 Å². The smallest absolute Gasteiger partial charge is 0.270 e. The summed E-state index contributed by atoms with van der Waals surface area (Å²) in [4.78, 5) is 25.8. The Labute approximate surface area is 169 Å².